The summed E-state index contributed by atoms with van der Waals surface area (Å²) in [5, 5.41) is 0.782. The third-order valence-corrected chi connectivity index (χ3v) is 4.56. The normalized spacial score (nSPS) is 19.0. The molecule has 0 atom stereocenters. The van der Waals surface area contributed by atoms with Gasteiger partial charge in [0.15, 0.2) is 5.96 Å². The zero-order valence-electron chi connectivity index (χ0n) is 12.7. The Labute approximate surface area is 154 Å². The van der Waals surface area contributed by atoms with E-state index in [9.17, 15) is 0 Å². The Morgan fingerprint density at radius 3 is 2.36 bits per heavy atom. The second-order valence-electron chi connectivity index (χ2n) is 5.92. The zero-order chi connectivity index (χ0) is 14.7. The van der Waals surface area contributed by atoms with Gasteiger partial charge in [-0.25, -0.2) is 0 Å². The largest absolute Gasteiger partial charge is 0.370 e. The van der Waals surface area contributed by atoms with E-state index < -0.39 is 0 Å². The van der Waals surface area contributed by atoms with Crippen molar-refractivity contribution in [2.45, 2.75) is 19.3 Å². The van der Waals surface area contributed by atoms with Gasteiger partial charge in [0.2, 0.25) is 0 Å². The van der Waals surface area contributed by atoms with Crippen molar-refractivity contribution in [1.82, 2.24) is 4.90 Å². The lowest BCUT2D eigenvalue weighted by Crippen LogP contribution is -2.51. The quantitative estimate of drug-likeness (QED) is 0.450. The van der Waals surface area contributed by atoms with E-state index in [-0.39, 0.29) is 24.0 Å². The van der Waals surface area contributed by atoms with Gasteiger partial charge in [0.1, 0.15) is 0 Å². The summed E-state index contributed by atoms with van der Waals surface area (Å²) in [4.78, 5) is 9.08. The Kier molecular flexibility index (Phi) is 6.62. The lowest BCUT2D eigenvalue weighted by Gasteiger charge is -2.36. The fraction of sp³-hybridized carbons (Fsp3) is 0.562. The molecule has 0 unspecified atom stereocenters. The van der Waals surface area contributed by atoms with E-state index in [1.165, 1.54) is 24.9 Å². The monoisotopic (exact) mass is 434 g/mol. The Morgan fingerprint density at radius 2 is 1.77 bits per heavy atom. The number of hydrogen-bond donors (Lipinski definition) is 1. The Balaban J connectivity index is 0.00000176. The van der Waals surface area contributed by atoms with E-state index in [2.05, 4.69) is 26.9 Å². The highest BCUT2D eigenvalue weighted by atomic mass is 127. The molecule has 1 heterocycles. The number of rotatable bonds is 4. The molecule has 1 aromatic carbocycles. The smallest absolute Gasteiger partial charge is 0.191 e. The molecule has 3 rings (SSSR count). The molecule has 1 aliphatic heterocycles. The van der Waals surface area contributed by atoms with Crippen LogP contribution in [0, 0.1) is 5.92 Å². The van der Waals surface area contributed by atoms with Gasteiger partial charge in [-0.2, -0.15) is 0 Å². The average Bonchev–Trinajstić information content (AvgIpc) is 3.32. The van der Waals surface area contributed by atoms with Crippen molar-refractivity contribution in [2.75, 3.05) is 37.6 Å². The molecule has 22 heavy (non-hydrogen) atoms. The van der Waals surface area contributed by atoms with Crippen LogP contribution in [0.15, 0.2) is 29.3 Å². The van der Waals surface area contributed by atoms with Crippen LogP contribution in [0.2, 0.25) is 5.02 Å². The fourth-order valence-electron chi connectivity index (χ4n) is 2.71. The predicted octanol–water partition coefficient (Wildman–Crippen LogP) is 3.19. The van der Waals surface area contributed by atoms with Gasteiger partial charge in [0.05, 0.1) is 0 Å². The van der Waals surface area contributed by atoms with Crippen molar-refractivity contribution in [1.29, 1.82) is 0 Å². The third-order valence-electron chi connectivity index (χ3n) is 4.30. The molecule has 0 spiro atoms. The lowest BCUT2D eigenvalue weighted by molar-refractivity contribution is 0.380. The molecule has 2 aliphatic rings. The van der Waals surface area contributed by atoms with Crippen LogP contribution >= 0.6 is 35.6 Å². The van der Waals surface area contributed by atoms with Crippen LogP contribution in [0.3, 0.4) is 0 Å². The number of nitrogens with zero attached hydrogens (tertiary/aromatic N) is 3. The first-order valence-electron chi connectivity index (χ1n) is 7.78. The lowest BCUT2D eigenvalue weighted by atomic mass is 10.2. The van der Waals surface area contributed by atoms with E-state index in [1.54, 1.807) is 0 Å². The first-order chi connectivity index (χ1) is 10.2. The second kappa shape index (κ2) is 8.24. The van der Waals surface area contributed by atoms with Gasteiger partial charge in [-0.3, -0.25) is 4.99 Å². The first kappa shape index (κ1) is 17.7. The van der Waals surface area contributed by atoms with Crippen LogP contribution in [0.1, 0.15) is 19.3 Å². The minimum atomic E-state index is 0. The van der Waals surface area contributed by atoms with E-state index >= 15 is 0 Å². The summed E-state index contributed by atoms with van der Waals surface area (Å²) in [6, 6.07) is 8.03. The minimum absolute atomic E-state index is 0. The molecule has 1 saturated carbocycles. The first-order valence-corrected chi connectivity index (χ1v) is 8.15. The van der Waals surface area contributed by atoms with Crippen molar-refractivity contribution < 1.29 is 0 Å². The van der Waals surface area contributed by atoms with Gasteiger partial charge in [-0.1, -0.05) is 24.4 Å². The summed E-state index contributed by atoms with van der Waals surface area (Å²) < 4.78 is 0. The Bertz CT molecular complexity index is 493. The summed E-state index contributed by atoms with van der Waals surface area (Å²) in [5.74, 6) is 1.63. The number of anilines is 1. The average molecular weight is 435 g/mol. The molecule has 0 radical (unpaired) electrons. The maximum atomic E-state index is 6.10. The van der Waals surface area contributed by atoms with Crippen molar-refractivity contribution in [3.8, 4) is 0 Å². The van der Waals surface area contributed by atoms with Crippen LogP contribution in [0.25, 0.3) is 0 Å². The van der Waals surface area contributed by atoms with Gasteiger partial charge in [-0.15, -0.1) is 24.0 Å². The number of hydrogen-bond acceptors (Lipinski definition) is 2. The summed E-state index contributed by atoms with van der Waals surface area (Å²) in [7, 11) is 0. The number of benzene rings is 1. The molecule has 4 nitrogen and oxygen atoms in total. The predicted molar refractivity (Wildman–Crippen MR) is 104 cm³/mol. The molecule has 2 N–H and O–H groups in total. The van der Waals surface area contributed by atoms with Crippen LogP contribution in [-0.2, 0) is 0 Å². The van der Waals surface area contributed by atoms with E-state index in [0.29, 0.717) is 5.96 Å². The van der Waals surface area contributed by atoms with Gasteiger partial charge < -0.3 is 15.5 Å². The number of aliphatic imine (C=N–C) groups is 1. The molecule has 2 fully saturated rings. The molecule has 0 aromatic heterocycles. The standard InChI is InChI=1S/C16H23ClN4.HI/c17-14-3-5-15(6-4-14)20-9-11-21(12-10-20)16(18)19-8-7-13-1-2-13;/h3-6,13H,1-2,7-12H2,(H2,18,19);1H. The van der Waals surface area contributed by atoms with Crippen molar-refractivity contribution in [3.05, 3.63) is 29.3 Å². The Morgan fingerprint density at radius 1 is 1.14 bits per heavy atom. The highest BCUT2D eigenvalue weighted by Crippen LogP contribution is 2.32. The van der Waals surface area contributed by atoms with E-state index in [1.807, 2.05) is 12.1 Å². The van der Waals surface area contributed by atoms with Gasteiger partial charge in [0.25, 0.3) is 0 Å². The SMILES string of the molecule is I.NC(=NCCC1CC1)N1CCN(c2ccc(Cl)cc2)CC1. The third kappa shape index (κ3) is 4.91. The summed E-state index contributed by atoms with van der Waals surface area (Å²) in [6.07, 6.45) is 3.97. The summed E-state index contributed by atoms with van der Waals surface area (Å²) in [5.41, 5.74) is 7.32. The van der Waals surface area contributed by atoms with E-state index in [0.717, 1.165) is 43.7 Å². The van der Waals surface area contributed by atoms with Gasteiger partial charge >= 0.3 is 0 Å². The highest BCUT2D eigenvalue weighted by molar-refractivity contribution is 14.0. The van der Waals surface area contributed by atoms with Crippen molar-refractivity contribution in [2.24, 2.45) is 16.6 Å². The van der Waals surface area contributed by atoms with Crippen LogP contribution in [0.4, 0.5) is 5.69 Å². The molecular formula is C16H24ClIN4. The molecule has 0 bridgehead atoms. The highest BCUT2D eigenvalue weighted by Gasteiger charge is 2.21. The molecule has 1 saturated heterocycles. The second-order valence-corrected chi connectivity index (χ2v) is 6.36. The number of halogens is 2. The van der Waals surface area contributed by atoms with Gasteiger partial charge in [-0.05, 0) is 36.6 Å². The summed E-state index contributed by atoms with van der Waals surface area (Å²) in [6.45, 7) is 4.69. The van der Waals surface area contributed by atoms with Crippen molar-refractivity contribution >= 4 is 47.2 Å². The van der Waals surface area contributed by atoms with Crippen LogP contribution < -0.4 is 10.6 Å². The number of nitrogens with two attached hydrogens (primary N) is 1. The maximum absolute atomic E-state index is 6.10. The van der Waals surface area contributed by atoms with Crippen molar-refractivity contribution in [3.63, 3.8) is 0 Å². The molecule has 6 heteroatoms. The molecule has 122 valence electrons. The molecular weight excluding hydrogens is 411 g/mol. The minimum Gasteiger partial charge on any atom is -0.370 e. The fourth-order valence-corrected chi connectivity index (χ4v) is 2.84. The van der Waals surface area contributed by atoms with Gasteiger partial charge in [0, 0.05) is 43.4 Å². The van der Waals surface area contributed by atoms with Crippen LogP contribution in [-0.4, -0.2) is 43.6 Å². The summed E-state index contributed by atoms with van der Waals surface area (Å²) >= 11 is 5.93. The molecule has 1 aliphatic carbocycles. The van der Waals surface area contributed by atoms with Crippen LogP contribution in [0.5, 0.6) is 0 Å². The van der Waals surface area contributed by atoms with E-state index in [4.69, 9.17) is 17.3 Å². The zero-order valence-corrected chi connectivity index (χ0v) is 15.8. The maximum Gasteiger partial charge on any atom is 0.191 e. The topological polar surface area (TPSA) is 44.9 Å². The Hall–Kier alpha value is -0.690. The molecule has 1 aromatic rings. The number of guanidine groups is 1. The molecule has 0 amide bonds. The number of piperazine rings is 1.